The standard InChI is InChI=1S/C64H60O2Si/c1-63(2)55-31-15-17-35-59(55)65-61-51(29-19-33-57(61)63)49-39-37-47(41-53(49)43-21-11-12-22-43)67(45-25-7-5-8-26-45,46-27-9-6-10-28-46)48-38-40-50(54(42-48)44-23-13-14-24-44)52-30-20-34-58-62(52)66-60-36-18-16-32-56(60)64(58,3)4/h5-10,15-20,25-44H,11-14,21-24H2,1-4H3/i1D3,2D3,3D3,4D3,43D,44D. The van der Waals surface area contributed by atoms with Crippen LogP contribution in [0.2, 0.25) is 0 Å². The Kier molecular flexibility index (Phi) is 7.20. The monoisotopic (exact) mass is 903 g/mol. The highest BCUT2D eigenvalue weighted by Crippen LogP contribution is 2.54. The highest BCUT2D eigenvalue weighted by molar-refractivity contribution is 7.19. The second-order valence-corrected chi connectivity index (χ2v) is 22.5. The molecule has 0 N–H and O–H groups in total. The van der Waals surface area contributed by atoms with Gasteiger partial charge in [0.25, 0.3) is 0 Å². The molecule has 2 fully saturated rings. The average Bonchev–Trinajstić information content (AvgIpc) is 4.00. The van der Waals surface area contributed by atoms with Crippen LogP contribution in [0, 0.1) is 0 Å². The van der Waals surface area contributed by atoms with Crippen LogP contribution in [0.1, 0.15) is 143 Å². The van der Waals surface area contributed by atoms with E-state index in [1.54, 1.807) is 60.7 Å². The van der Waals surface area contributed by atoms with E-state index in [1.165, 1.54) is 12.1 Å². The molecular formula is C64H60O2Si. The lowest BCUT2D eigenvalue weighted by molar-refractivity contribution is 0.419. The van der Waals surface area contributed by atoms with Crippen LogP contribution in [0.25, 0.3) is 22.3 Å². The first-order chi connectivity index (χ1) is 38.4. The van der Waals surface area contributed by atoms with Crippen LogP contribution < -0.4 is 30.2 Å². The number of para-hydroxylation sites is 4. The Bertz CT molecular complexity index is 3450. The number of ether oxygens (including phenoxy) is 2. The van der Waals surface area contributed by atoms with E-state index < -0.39 is 58.1 Å². The molecule has 332 valence electrons. The zero-order chi connectivity index (χ0) is 57.2. The van der Waals surface area contributed by atoms with Crippen molar-refractivity contribution in [1.82, 2.24) is 0 Å². The molecule has 0 spiro atoms. The van der Waals surface area contributed by atoms with E-state index in [4.69, 9.17) is 25.9 Å². The molecule has 2 aliphatic carbocycles. The Labute approximate surface area is 418 Å². The van der Waals surface area contributed by atoms with Crippen molar-refractivity contribution in [3.8, 4) is 45.3 Å². The van der Waals surface area contributed by atoms with E-state index in [1.807, 2.05) is 60.7 Å². The van der Waals surface area contributed by atoms with Gasteiger partial charge in [0.1, 0.15) is 23.0 Å². The van der Waals surface area contributed by atoms with Crippen molar-refractivity contribution in [1.29, 1.82) is 0 Å². The van der Waals surface area contributed by atoms with Crippen LogP contribution in [-0.2, 0) is 10.8 Å². The van der Waals surface area contributed by atoms with Crippen LogP contribution in [-0.4, -0.2) is 8.07 Å². The van der Waals surface area contributed by atoms with E-state index in [0.29, 0.717) is 59.1 Å². The van der Waals surface area contributed by atoms with Crippen molar-refractivity contribution in [3.63, 3.8) is 0 Å². The summed E-state index contributed by atoms with van der Waals surface area (Å²) in [5.74, 6) is -1.72. The molecule has 8 aromatic carbocycles. The Morgan fingerprint density at radius 1 is 0.403 bits per heavy atom. The Morgan fingerprint density at radius 3 is 1.21 bits per heavy atom. The molecule has 0 atom stereocenters. The maximum Gasteiger partial charge on any atom is 0.179 e. The molecule has 0 saturated heterocycles. The summed E-state index contributed by atoms with van der Waals surface area (Å²) in [7, 11) is -3.60. The molecule has 0 radical (unpaired) electrons. The van der Waals surface area contributed by atoms with Gasteiger partial charge in [-0.2, -0.15) is 0 Å². The number of rotatable bonds is 8. The molecule has 2 nitrogen and oxygen atoms in total. The lowest BCUT2D eigenvalue weighted by atomic mass is 9.74. The molecule has 2 saturated carbocycles. The Morgan fingerprint density at radius 2 is 0.791 bits per heavy atom. The van der Waals surface area contributed by atoms with Crippen molar-refractivity contribution >= 4 is 28.8 Å². The first kappa shape index (κ1) is 29.4. The fraction of sp³-hybridized carbons (Fsp3) is 0.250. The van der Waals surface area contributed by atoms with Crippen molar-refractivity contribution in [3.05, 3.63) is 215 Å². The third-order valence-electron chi connectivity index (χ3n) is 14.9. The summed E-state index contributed by atoms with van der Waals surface area (Å²) in [5.41, 5.74) is -1.10. The molecular weight excluding hydrogens is 829 g/mol. The molecule has 2 heterocycles. The van der Waals surface area contributed by atoms with Gasteiger partial charge in [0.05, 0.1) is 0 Å². The van der Waals surface area contributed by atoms with E-state index in [9.17, 15) is 2.74 Å². The van der Waals surface area contributed by atoms with Gasteiger partial charge < -0.3 is 9.47 Å². The summed E-state index contributed by atoms with van der Waals surface area (Å²) >= 11 is 0. The van der Waals surface area contributed by atoms with Crippen LogP contribution in [0.15, 0.2) is 182 Å². The molecule has 0 bridgehead atoms. The second kappa shape index (κ2) is 16.4. The minimum Gasteiger partial charge on any atom is -0.456 e. The van der Waals surface area contributed by atoms with Gasteiger partial charge in [0.15, 0.2) is 8.07 Å². The maximum atomic E-state index is 10.5. The molecule has 67 heavy (non-hydrogen) atoms. The summed E-state index contributed by atoms with van der Waals surface area (Å²) in [4.78, 5) is 0. The lowest BCUT2D eigenvalue weighted by Gasteiger charge is -2.37. The van der Waals surface area contributed by atoms with Gasteiger partial charge in [0, 0.05) is 63.4 Å². The summed E-state index contributed by atoms with van der Waals surface area (Å²) in [6.45, 7) is -12.2. The van der Waals surface area contributed by atoms with Gasteiger partial charge in [-0.25, -0.2) is 0 Å². The van der Waals surface area contributed by atoms with E-state index in [0.717, 1.165) is 46.4 Å². The SMILES string of the molecule is [2H]C1(c2cc([Si](c3ccccc3)(c3ccccc3)c3ccc(-c4cccc5c4Oc4ccccc4C5(C([2H])([2H])[2H])C([2H])([2H])[2H])c(C4([2H])CCCC4)c3)ccc2-c2cccc3c2Oc2ccccc2C3(C([2H])([2H])[2H])C([2H])([2H])[2H])CCCC1. The van der Waals surface area contributed by atoms with Gasteiger partial charge in [-0.3, -0.25) is 0 Å². The van der Waals surface area contributed by atoms with Crippen molar-refractivity contribution < 1.29 is 28.7 Å². The molecule has 3 heteroatoms. The number of hydrogen-bond donors (Lipinski definition) is 0. The highest BCUT2D eigenvalue weighted by Gasteiger charge is 2.44. The molecule has 0 unspecified atom stereocenters. The molecule has 0 amide bonds. The zero-order valence-corrected chi connectivity index (χ0v) is 38.3. The van der Waals surface area contributed by atoms with Gasteiger partial charge in [-0.15, -0.1) is 0 Å². The normalized spacial score (nSPS) is 21.9. The summed E-state index contributed by atoms with van der Waals surface area (Å²) in [6.07, 6.45) is 5.39. The van der Waals surface area contributed by atoms with E-state index in [2.05, 4.69) is 48.5 Å². The predicted octanol–water partition coefficient (Wildman–Crippen LogP) is 14.6. The fourth-order valence-corrected chi connectivity index (χ4v) is 16.5. The number of hydrogen-bond acceptors (Lipinski definition) is 2. The number of fused-ring (bicyclic) bond motifs is 4. The van der Waals surface area contributed by atoms with Crippen molar-refractivity contribution in [2.24, 2.45) is 0 Å². The quantitative estimate of drug-likeness (QED) is 0.112. The first-order valence-corrected chi connectivity index (χ1v) is 25.7. The second-order valence-electron chi connectivity index (χ2n) is 18.7. The third-order valence-corrected chi connectivity index (χ3v) is 19.7. The van der Waals surface area contributed by atoms with Crippen LogP contribution in [0.5, 0.6) is 23.0 Å². The third kappa shape index (κ3) is 6.71. The van der Waals surface area contributed by atoms with Gasteiger partial charge in [0.2, 0.25) is 0 Å². The first-order valence-electron chi connectivity index (χ1n) is 30.7. The molecule has 8 aromatic rings. The maximum absolute atomic E-state index is 10.5. The Balaban J connectivity index is 1.14. The van der Waals surface area contributed by atoms with E-state index in [-0.39, 0.29) is 45.3 Å². The summed E-state index contributed by atoms with van der Waals surface area (Å²) < 4.78 is 143. The van der Waals surface area contributed by atoms with Crippen LogP contribution >= 0.6 is 0 Å². The van der Waals surface area contributed by atoms with Crippen molar-refractivity contribution in [2.75, 3.05) is 0 Å². The lowest BCUT2D eigenvalue weighted by Crippen LogP contribution is -2.74. The predicted molar refractivity (Wildman–Crippen MR) is 281 cm³/mol. The minimum atomic E-state index is -3.60. The van der Waals surface area contributed by atoms with Crippen LogP contribution in [0.3, 0.4) is 0 Å². The topological polar surface area (TPSA) is 18.5 Å². The molecule has 2 aliphatic heterocycles. The van der Waals surface area contributed by atoms with Gasteiger partial charge in [-0.1, -0.05) is 223 Å². The summed E-state index contributed by atoms with van der Waals surface area (Å²) in [6, 6.07) is 56.2. The molecule has 12 rings (SSSR count). The summed E-state index contributed by atoms with van der Waals surface area (Å²) in [5, 5.41) is 3.93. The molecule has 4 aliphatic rings. The largest absolute Gasteiger partial charge is 0.456 e. The fourth-order valence-electron chi connectivity index (χ4n) is 11.7. The van der Waals surface area contributed by atoms with E-state index >= 15 is 0 Å². The molecule has 0 aromatic heterocycles. The van der Waals surface area contributed by atoms with Gasteiger partial charge in [-0.05, 0) is 92.6 Å². The zero-order valence-electron chi connectivity index (χ0n) is 51.3. The highest BCUT2D eigenvalue weighted by atomic mass is 28.3. The smallest absolute Gasteiger partial charge is 0.179 e. The Hall–Kier alpha value is -6.42. The minimum absolute atomic E-state index is 0.0251. The van der Waals surface area contributed by atoms with Crippen molar-refractivity contribution in [2.45, 2.75) is 101 Å². The van der Waals surface area contributed by atoms with Gasteiger partial charge >= 0.3 is 0 Å². The number of benzene rings is 8. The average molecular weight is 903 g/mol. The van der Waals surface area contributed by atoms with Crippen LogP contribution in [0.4, 0.5) is 0 Å².